The Hall–Kier alpha value is -2.20. The Balaban J connectivity index is 1.81. The van der Waals surface area contributed by atoms with E-state index in [1.54, 1.807) is 18.2 Å². The van der Waals surface area contributed by atoms with Gasteiger partial charge < -0.3 is 5.32 Å². The number of amides is 1. The molecule has 5 heteroatoms. The molecule has 1 aliphatic carbocycles. The third kappa shape index (κ3) is 2.22. The first-order valence-corrected chi connectivity index (χ1v) is 6.21. The molecule has 0 spiro atoms. The predicted molar refractivity (Wildman–Crippen MR) is 76.8 cm³/mol. The molecule has 1 N–H and O–H groups in total. The van der Waals surface area contributed by atoms with Crippen LogP contribution in [0.2, 0.25) is 5.02 Å². The topological polar surface area (TPSA) is 53.8 Å². The summed E-state index contributed by atoms with van der Waals surface area (Å²) in [6.07, 6.45) is 6.43. The van der Waals surface area contributed by atoms with E-state index < -0.39 is 0 Å². The van der Waals surface area contributed by atoms with Crippen LogP contribution in [0.1, 0.15) is 6.42 Å². The van der Waals surface area contributed by atoms with E-state index in [1.165, 1.54) is 0 Å². The van der Waals surface area contributed by atoms with Gasteiger partial charge in [0.1, 0.15) is 0 Å². The number of halogens is 1. The van der Waals surface area contributed by atoms with Crippen molar-refractivity contribution in [2.75, 3.05) is 5.32 Å². The summed E-state index contributed by atoms with van der Waals surface area (Å²) >= 11 is 6.00. The average molecular weight is 272 g/mol. The Kier molecular flexibility index (Phi) is 3.01. The number of nitrogens with one attached hydrogen (secondary N) is 1. The van der Waals surface area contributed by atoms with E-state index in [4.69, 9.17) is 11.6 Å². The first kappa shape index (κ1) is 11.9. The minimum Gasteiger partial charge on any atom is -0.319 e. The molecule has 0 bridgehead atoms. The summed E-state index contributed by atoms with van der Waals surface area (Å²) < 4.78 is 0. The first-order valence-electron chi connectivity index (χ1n) is 5.83. The first-order chi connectivity index (χ1) is 9.25. The second-order valence-corrected chi connectivity index (χ2v) is 4.55. The molecule has 3 rings (SSSR count). The standard InChI is InChI=1S/C14H10ClN3O/c15-10-6-2-4-8-12(10)16-14(19)13-9-5-1-3-7-11(9)17-18-13/h1-6,8H,7H2,(H,16,19). The largest absolute Gasteiger partial charge is 0.319 e. The smallest absolute Gasteiger partial charge is 0.276 e. The number of para-hydroxylation sites is 1. The molecule has 1 aromatic rings. The molecule has 94 valence electrons. The second-order valence-electron chi connectivity index (χ2n) is 4.14. The van der Waals surface area contributed by atoms with Crippen molar-refractivity contribution in [3.8, 4) is 0 Å². The Morgan fingerprint density at radius 1 is 1.26 bits per heavy atom. The van der Waals surface area contributed by atoms with Crippen LogP contribution in [0.15, 0.2) is 58.3 Å². The van der Waals surface area contributed by atoms with E-state index in [1.807, 2.05) is 24.3 Å². The fourth-order valence-electron chi connectivity index (χ4n) is 1.94. The van der Waals surface area contributed by atoms with Crippen LogP contribution >= 0.6 is 11.6 Å². The number of fused-ring (bicyclic) bond motifs is 1. The highest BCUT2D eigenvalue weighted by Gasteiger charge is 2.26. The molecule has 2 aliphatic rings. The van der Waals surface area contributed by atoms with Crippen molar-refractivity contribution in [2.45, 2.75) is 6.42 Å². The lowest BCUT2D eigenvalue weighted by Crippen LogP contribution is -2.25. The van der Waals surface area contributed by atoms with Gasteiger partial charge in [0.25, 0.3) is 5.91 Å². The van der Waals surface area contributed by atoms with Gasteiger partial charge in [-0.3, -0.25) is 4.79 Å². The number of carbonyl (C=O) groups is 1. The molecule has 0 radical (unpaired) electrons. The fourth-order valence-corrected chi connectivity index (χ4v) is 2.12. The van der Waals surface area contributed by atoms with Gasteiger partial charge in [0.05, 0.1) is 16.4 Å². The Labute approximate surface area is 115 Å². The molecule has 0 atom stereocenters. The van der Waals surface area contributed by atoms with Crippen molar-refractivity contribution in [1.82, 2.24) is 0 Å². The Bertz CT molecular complexity index is 671. The van der Waals surface area contributed by atoms with E-state index in [0.717, 1.165) is 11.3 Å². The number of rotatable bonds is 2. The van der Waals surface area contributed by atoms with Gasteiger partial charge in [-0.05, 0) is 12.1 Å². The van der Waals surface area contributed by atoms with Crippen LogP contribution in [0.5, 0.6) is 0 Å². The van der Waals surface area contributed by atoms with E-state index in [9.17, 15) is 4.79 Å². The minimum absolute atomic E-state index is 0.298. The van der Waals surface area contributed by atoms with Crippen LogP contribution in [0.25, 0.3) is 0 Å². The average Bonchev–Trinajstić information content (AvgIpc) is 2.85. The van der Waals surface area contributed by atoms with Crippen LogP contribution in [0, 0.1) is 0 Å². The highest BCUT2D eigenvalue weighted by molar-refractivity contribution is 6.56. The summed E-state index contributed by atoms with van der Waals surface area (Å²) in [4.78, 5) is 12.2. The molecular weight excluding hydrogens is 262 g/mol. The number of anilines is 1. The SMILES string of the molecule is O=C(Nc1ccccc1Cl)C1=NN=C2CC=CC=C21. The number of hydrogen-bond donors (Lipinski definition) is 1. The van der Waals surface area contributed by atoms with Gasteiger partial charge in [-0.25, -0.2) is 0 Å². The number of carbonyl (C=O) groups excluding carboxylic acids is 1. The number of allylic oxidation sites excluding steroid dienone is 3. The van der Waals surface area contributed by atoms with Crippen LogP contribution in [0.3, 0.4) is 0 Å². The Morgan fingerprint density at radius 3 is 2.95 bits per heavy atom. The van der Waals surface area contributed by atoms with Crippen molar-refractivity contribution in [3.63, 3.8) is 0 Å². The maximum absolute atomic E-state index is 12.2. The van der Waals surface area contributed by atoms with E-state index in [-0.39, 0.29) is 5.91 Å². The van der Waals surface area contributed by atoms with Crippen molar-refractivity contribution >= 4 is 34.6 Å². The third-order valence-electron chi connectivity index (χ3n) is 2.88. The fraction of sp³-hybridized carbons (Fsp3) is 0.0714. The summed E-state index contributed by atoms with van der Waals surface area (Å²) in [5.74, 6) is -0.298. The zero-order chi connectivity index (χ0) is 13.2. The molecule has 0 saturated carbocycles. The third-order valence-corrected chi connectivity index (χ3v) is 3.21. The predicted octanol–water partition coefficient (Wildman–Crippen LogP) is 2.98. The summed E-state index contributed by atoms with van der Waals surface area (Å²) in [6.45, 7) is 0. The Morgan fingerprint density at radius 2 is 2.11 bits per heavy atom. The zero-order valence-corrected chi connectivity index (χ0v) is 10.7. The lowest BCUT2D eigenvalue weighted by atomic mass is 9.98. The number of benzene rings is 1. The van der Waals surface area contributed by atoms with E-state index in [0.29, 0.717) is 22.8 Å². The monoisotopic (exact) mass is 271 g/mol. The van der Waals surface area contributed by atoms with Gasteiger partial charge >= 0.3 is 0 Å². The minimum atomic E-state index is -0.298. The van der Waals surface area contributed by atoms with Gasteiger partial charge in [-0.1, -0.05) is 42.0 Å². The molecule has 0 saturated heterocycles. The molecule has 1 aliphatic heterocycles. The number of hydrogen-bond acceptors (Lipinski definition) is 3. The van der Waals surface area contributed by atoms with Gasteiger partial charge in [0.2, 0.25) is 0 Å². The highest BCUT2D eigenvalue weighted by Crippen LogP contribution is 2.22. The maximum Gasteiger partial charge on any atom is 0.276 e. The van der Waals surface area contributed by atoms with Crippen LogP contribution in [0.4, 0.5) is 5.69 Å². The van der Waals surface area contributed by atoms with Crippen molar-refractivity contribution in [2.24, 2.45) is 10.2 Å². The summed E-state index contributed by atoms with van der Waals surface area (Å²) in [6, 6.07) is 7.08. The summed E-state index contributed by atoms with van der Waals surface area (Å²) in [5, 5.41) is 11.2. The lowest BCUT2D eigenvalue weighted by molar-refractivity contribution is -0.110. The summed E-state index contributed by atoms with van der Waals surface area (Å²) in [5.41, 5.74) is 2.51. The molecular formula is C14H10ClN3O. The number of nitrogens with zero attached hydrogens (tertiary/aromatic N) is 2. The van der Waals surface area contributed by atoms with E-state index >= 15 is 0 Å². The van der Waals surface area contributed by atoms with Gasteiger partial charge in [0.15, 0.2) is 5.71 Å². The van der Waals surface area contributed by atoms with Gasteiger partial charge in [0, 0.05) is 12.0 Å². The van der Waals surface area contributed by atoms with Crippen molar-refractivity contribution in [1.29, 1.82) is 0 Å². The normalized spacial score (nSPS) is 16.4. The molecule has 19 heavy (non-hydrogen) atoms. The van der Waals surface area contributed by atoms with Crippen molar-refractivity contribution < 1.29 is 4.79 Å². The molecule has 4 nitrogen and oxygen atoms in total. The van der Waals surface area contributed by atoms with Gasteiger partial charge in [-0.2, -0.15) is 5.10 Å². The van der Waals surface area contributed by atoms with Crippen LogP contribution in [-0.2, 0) is 4.79 Å². The highest BCUT2D eigenvalue weighted by atomic mass is 35.5. The molecule has 0 aromatic heterocycles. The maximum atomic E-state index is 12.2. The van der Waals surface area contributed by atoms with Crippen LogP contribution in [-0.4, -0.2) is 17.3 Å². The van der Waals surface area contributed by atoms with E-state index in [2.05, 4.69) is 15.5 Å². The molecule has 1 amide bonds. The molecule has 1 aromatic carbocycles. The molecule has 0 unspecified atom stereocenters. The van der Waals surface area contributed by atoms with Crippen molar-refractivity contribution in [3.05, 3.63) is 53.1 Å². The second kappa shape index (κ2) is 4.82. The lowest BCUT2D eigenvalue weighted by Gasteiger charge is -2.09. The zero-order valence-electron chi connectivity index (χ0n) is 9.93. The van der Waals surface area contributed by atoms with Gasteiger partial charge in [-0.15, -0.1) is 5.10 Å². The summed E-state index contributed by atoms with van der Waals surface area (Å²) in [7, 11) is 0. The molecule has 0 fully saturated rings. The molecule has 1 heterocycles. The van der Waals surface area contributed by atoms with Crippen LogP contribution < -0.4 is 5.32 Å². The quantitative estimate of drug-likeness (QED) is 0.883.